The van der Waals surface area contributed by atoms with Crippen LogP contribution in [0.1, 0.15) is 0 Å². The van der Waals surface area contributed by atoms with E-state index in [-0.39, 0.29) is 6.61 Å². The van der Waals surface area contributed by atoms with Crippen LogP contribution in [0, 0.1) is 0 Å². The van der Waals surface area contributed by atoms with E-state index in [4.69, 9.17) is 31.2 Å². The molecule has 1 heterocycles. The summed E-state index contributed by atoms with van der Waals surface area (Å²) in [5.41, 5.74) is 10.8. The van der Waals surface area contributed by atoms with Crippen LogP contribution in [0.4, 0.5) is 0 Å². The van der Waals surface area contributed by atoms with Crippen molar-refractivity contribution in [3.63, 3.8) is 0 Å². The molecule has 0 radical (unpaired) electrons. The van der Waals surface area contributed by atoms with Gasteiger partial charge in [-0.25, -0.2) is 0 Å². The Morgan fingerprint density at radius 3 is 2.50 bits per heavy atom. The number of hydrogen-bond acceptors (Lipinski definition) is 8. The summed E-state index contributed by atoms with van der Waals surface area (Å²) < 4.78 is 10.1. The van der Waals surface area contributed by atoms with Crippen molar-refractivity contribution in [3.8, 4) is 0 Å². The van der Waals surface area contributed by atoms with Crippen molar-refractivity contribution in [1.29, 1.82) is 0 Å². The first-order chi connectivity index (χ1) is 8.38. The third kappa shape index (κ3) is 3.36. The minimum Gasteiger partial charge on any atom is -0.480 e. The number of aliphatic hydroxyl groups excluding tert-OH is 3. The fourth-order valence-corrected chi connectivity index (χ4v) is 1.52. The van der Waals surface area contributed by atoms with E-state index in [0.29, 0.717) is 0 Å². The Bertz CT molecular complexity index is 288. The molecule has 1 saturated heterocycles. The normalized spacial score (nSPS) is 38.4. The lowest BCUT2D eigenvalue weighted by atomic mass is 9.98. The van der Waals surface area contributed by atoms with Crippen molar-refractivity contribution in [2.45, 2.75) is 36.7 Å². The van der Waals surface area contributed by atoms with Crippen LogP contribution >= 0.6 is 0 Å². The predicted octanol–water partition coefficient (Wildman–Crippen LogP) is -3.82. The zero-order valence-corrected chi connectivity index (χ0v) is 9.55. The third-order valence-electron chi connectivity index (χ3n) is 2.69. The maximum Gasteiger partial charge on any atom is 0.322 e. The van der Waals surface area contributed by atoms with Gasteiger partial charge < -0.3 is 41.4 Å². The van der Waals surface area contributed by atoms with Crippen molar-refractivity contribution >= 4 is 5.97 Å². The second-order valence-electron chi connectivity index (χ2n) is 4.06. The molecule has 0 bridgehead atoms. The molecule has 1 rings (SSSR count). The van der Waals surface area contributed by atoms with Gasteiger partial charge in [0.1, 0.15) is 24.4 Å². The highest BCUT2D eigenvalue weighted by Gasteiger charge is 2.43. The molecule has 1 fully saturated rings. The zero-order valence-electron chi connectivity index (χ0n) is 9.55. The van der Waals surface area contributed by atoms with Crippen molar-refractivity contribution in [2.24, 2.45) is 11.5 Å². The molecule has 18 heavy (non-hydrogen) atoms. The molecular weight excluding hydrogens is 248 g/mol. The number of aliphatic hydroxyl groups is 3. The zero-order chi connectivity index (χ0) is 13.9. The van der Waals surface area contributed by atoms with Gasteiger partial charge in [-0.1, -0.05) is 0 Å². The van der Waals surface area contributed by atoms with E-state index in [1.165, 1.54) is 0 Å². The van der Waals surface area contributed by atoms with Crippen LogP contribution in [0.25, 0.3) is 0 Å². The summed E-state index contributed by atoms with van der Waals surface area (Å²) >= 11 is 0. The summed E-state index contributed by atoms with van der Waals surface area (Å²) in [7, 11) is 0. The van der Waals surface area contributed by atoms with E-state index >= 15 is 0 Å². The lowest BCUT2D eigenvalue weighted by molar-refractivity contribution is -0.266. The van der Waals surface area contributed by atoms with E-state index in [2.05, 4.69) is 0 Å². The molecule has 1 aliphatic heterocycles. The topological polar surface area (TPSA) is 168 Å². The first-order valence-electron chi connectivity index (χ1n) is 5.36. The third-order valence-corrected chi connectivity index (χ3v) is 2.69. The van der Waals surface area contributed by atoms with Crippen LogP contribution in [0.3, 0.4) is 0 Å². The number of carboxylic acid groups (broad SMARTS) is 1. The number of ether oxygens (including phenoxy) is 2. The molecule has 9 nitrogen and oxygen atoms in total. The molecule has 0 saturated carbocycles. The molecule has 0 aromatic heterocycles. The molecule has 0 amide bonds. The smallest absolute Gasteiger partial charge is 0.322 e. The largest absolute Gasteiger partial charge is 0.480 e. The predicted molar refractivity (Wildman–Crippen MR) is 57.3 cm³/mol. The Labute approximate surface area is 103 Å². The van der Waals surface area contributed by atoms with Crippen LogP contribution in [-0.4, -0.2) is 76.3 Å². The van der Waals surface area contributed by atoms with Crippen LogP contribution < -0.4 is 11.5 Å². The molecule has 1 aliphatic rings. The Morgan fingerprint density at radius 2 is 2.00 bits per heavy atom. The van der Waals surface area contributed by atoms with Gasteiger partial charge in [-0.15, -0.1) is 0 Å². The fraction of sp³-hybridized carbons (Fsp3) is 0.889. The van der Waals surface area contributed by atoms with Gasteiger partial charge >= 0.3 is 5.97 Å². The van der Waals surface area contributed by atoms with E-state index < -0.39 is 49.3 Å². The SMILES string of the molecule is N[C@H]1[C@@H](OC[C@H](N)C(=O)O)O[C@H](CO)[C@H](O)[C@@H]1O. The first kappa shape index (κ1) is 15.2. The number of nitrogens with two attached hydrogens (primary N) is 2. The number of rotatable bonds is 5. The number of carboxylic acids is 1. The van der Waals surface area contributed by atoms with Crippen molar-refractivity contribution in [2.75, 3.05) is 13.2 Å². The Balaban J connectivity index is 2.56. The van der Waals surface area contributed by atoms with Gasteiger partial charge in [-0.2, -0.15) is 0 Å². The van der Waals surface area contributed by atoms with E-state index in [0.717, 1.165) is 0 Å². The lowest BCUT2D eigenvalue weighted by Crippen LogP contribution is -2.62. The Kier molecular flexibility index (Phi) is 5.41. The minimum absolute atomic E-state index is 0.366. The van der Waals surface area contributed by atoms with Crippen molar-refractivity contribution < 1.29 is 34.7 Å². The molecule has 0 aromatic carbocycles. The van der Waals surface area contributed by atoms with Crippen LogP contribution in [0.15, 0.2) is 0 Å². The number of aliphatic carboxylic acids is 1. The van der Waals surface area contributed by atoms with Gasteiger partial charge in [0.05, 0.1) is 19.3 Å². The van der Waals surface area contributed by atoms with Crippen LogP contribution in [-0.2, 0) is 14.3 Å². The standard InChI is InChI=1S/C9H18N2O7/c10-3(8(15)16)2-17-9-5(11)7(14)6(13)4(1-12)18-9/h3-7,9,12-14H,1-2,10-11H2,(H,15,16)/t3-,4+,5+,6-,7+,9-/m0/s1. The van der Waals surface area contributed by atoms with Gasteiger partial charge in [0.15, 0.2) is 6.29 Å². The van der Waals surface area contributed by atoms with E-state index in [1.807, 2.05) is 0 Å². The molecule has 0 unspecified atom stereocenters. The van der Waals surface area contributed by atoms with Gasteiger partial charge in [-0.3, -0.25) is 4.79 Å². The highest BCUT2D eigenvalue weighted by molar-refractivity contribution is 5.73. The summed E-state index contributed by atoms with van der Waals surface area (Å²) in [5, 5.41) is 36.6. The molecule has 0 aliphatic carbocycles. The number of carbonyl (C=O) groups is 1. The molecular formula is C9H18N2O7. The highest BCUT2D eigenvalue weighted by atomic mass is 16.7. The maximum absolute atomic E-state index is 10.5. The van der Waals surface area contributed by atoms with Crippen LogP contribution in [0.2, 0.25) is 0 Å². The second kappa shape index (κ2) is 6.38. The van der Waals surface area contributed by atoms with Gasteiger partial charge in [0.25, 0.3) is 0 Å². The van der Waals surface area contributed by atoms with Crippen molar-refractivity contribution in [1.82, 2.24) is 0 Å². The molecule has 0 aromatic rings. The molecule has 106 valence electrons. The molecule has 6 atom stereocenters. The quantitative estimate of drug-likeness (QED) is 0.292. The molecule has 0 spiro atoms. The lowest BCUT2D eigenvalue weighted by Gasteiger charge is -2.40. The number of hydrogen-bond donors (Lipinski definition) is 6. The van der Waals surface area contributed by atoms with Gasteiger partial charge in [-0.05, 0) is 0 Å². The van der Waals surface area contributed by atoms with Crippen molar-refractivity contribution in [3.05, 3.63) is 0 Å². The summed E-state index contributed by atoms with van der Waals surface area (Å²) in [6.45, 7) is -0.898. The summed E-state index contributed by atoms with van der Waals surface area (Å²) in [5.74, 6) is -1.25. The van der Waals surface area contributed by atoms with Gasteiger partial charge in [0, 0.05) is 0 Å². The highest BCUT2D eigenvalue weighted by Crippen LogP contribution is 2.20. The fourth-order valence-electron chi connectivity index (χ4n) is 1.52. The minimum atomic E-state index is -1.35. The first-order valence-corrected chi connectivity index (χ1v) is 5.36. The van der Waals surface area contributed by atoms with E-state index in [9.17, 15) is 15.0 Å². The summed E-state index contributed by atoms with van der Waals surface area (Å²) in [6, 6.07) is -2.32. The molecule has 9 heteroatoms. The van der Waals surface area contributed by atoms with Gasteiger partial charge in [0.2, 0.25) is 0 Å². The van der Waals surface area contributed by atoms with E-state index in [1.54, 1.807) is 0 Å². The summed E-state index contributed by atoms with van der Waals surface area (Å²) in [6.07, 6.45) is -4.88. The Morgan fingerprint density at radius 1 is 1.39 bits per heavy atom. The Hall–Kier alpha value is -0.810. The van der Waals surface area contributed by atoms with Crippen LogP contribution in [0.5, 0.6) is 0 Å². The average molecular weight is 266 g/mol. The molecule has 8 N–H and O–H groups in total. The monoisotopic (exact) mass is 266 g/mol. The maximum atomic E-state index is 10.5. The summed E-state index contributed by atoms with van der Waals surface area (Å²) in [4.78, 5) is 10.5. The average Bonchev–Trinajstić information content (AvgIpc) is 2.34. The second-order valence-corrected chi connectivity index (χ2v) is 4.06.